The third-order valence-corrected chi connectivity index (χ3v) is 9.75. The number of halogens is 1. The number of hydrogen-bond acceptors (Lipinski definition) is 9. The van der Waals surface area contributed by atoms with E-state index in [0.29, 0.717) is 35.2 Å². The van der Waals surface area contributed by atoms with Gasteiger partial charge in [0.2, 0.25) is 5.95 Å². The van der Waals surface area contributed by atoms with Gasteiger partial charge in [0.15, 0.2) is 22.4 Å². The molecule has 0 saturated carbocycles. The number of carbonyl (C=O) groups excluding carboxylic acids is 1. The van der Waals surface area contributed by atoms with E-state index in [-0.39, 0.29) is 5.78 Å². The molecule has 2 aliphatic heterocycles. The van der Waals surface area contributed by atoms with Crippen LogP contribution >= 0.6 is 11.5 Å². The fourth-order valence-corrected chi connectivity index (χ4v) is 7.42. The van der Waals surface area contributed by atoms with Crippen molar-refractivity contribution >= 4 is 34.3 Å². The Morgan fingerprint density at radius 3 is 2.64 bits per heavy atom. The Hall–Kier alpha value is -3.41. The first-order valence-corrected chi connectivity index (χ1v) is 16.4. The zero-order valence-corrected chi connectivity index (χ0v) is 28.6. The summed E-state index contributed by atoms with van der Waals surface area (Å²) in [5, 5.41) is 1.58. The molecule has 3 aromatic heterocycles. The smallest absolute Gasteiger partial charge is 0.237 e. The van der Waals surface area contributed by atoms with Crippen LogP contribution in [0, 0.1) is 19.7 Å². The number of nitrogens with zero attached hydrogens (tertiary/aromatic N) is 6. The minimum absolute atomic E-state index is 0.138. The Morgan fingerprint density at radius 1 is 1.22 bits per heavy atom. The number of aromatic nitrogens is 4. The number of hydrogen-bond donors (Lipinski definition) is 0. The Bertz CT molecular complexity index is 1790. The molecule has 240 valence electrons. The van der Waals surface area contributed by atoms with Gasteiger partial charge in [0.05, 0.1) is 17.9 Å². The third-order valence-electron chi connectivity index (χ3n) is 9.02. The van der Waals surface area contributed by atoms with Gasteiger partial charge in [-0.25, -0.2) is 9.37 Å². The molecule has 2 atom stereocenters. The summed E-state index contributed by atoms with van der Waals surface area (Å²) in [4.78, 5) is 27.8. The van der Waals surface area contributed by atoms with E-state index in [1.54, 1.807) is 6.07 Å². The minimum Gasteiger partial charge on any atom is -0.490 e. The van der Waals surface area contributed by atoms with Crippen LogP contribution in [0.4, 0.5) is 10.3 Å². The maximum atomic E-state index is 15.8. The molecule has 0 bridgehead atoms. The van der Waals surface area contributed by atoms with Crippen molar-refractivity contribution in [2.75, 3.05) is 38.7 Å². The fourth-order valence-electron chi connectivity index (χ4n) is 6.68. The van der Waals surface area contributed by atoms with Crippen LogP contribution < -0.4 is 9.64 Å². The van der Waals surface area contributed by atoms with Gasteiger partial charge >= 0.3 is 0 Å². The molecular weight excluding hydrogens is 591 g/mol. The van der Waals surface area contributed by atoms with E-state index < -0.39 is 17.5 Å². The second-order valence-corrected chi connectivity index (χ2v) is 14.3. The molecule has 0 amide bonds. The van der Waals surface area contributed by atoms with E-state index in [2.05, 4.69) is 30.0 Å². The third kappa shape index (κ3) is 5.74. The van der Waals surface area contributed by atoms with Crippen molar-refractivity contribution in [3.8, 4) is 27.6 Å². The number of carbonyl (C=O) groups is 1. The highest BCUT2D eigenvalue weighted by Crippen LogP contribution is 2.46. The van der Waals surface area contributed by atoms with Gasteiger partial charge in [0.25, 0.3) is 0 Å². The largest absolute Gasteiger partial charge is 0.490 e. The standard InChI is InChI=1S/C34H43FN6O3S/c1-18-22-11-10-14-43-30(22)25(35)15-23(18)28-24-16-26(32-37-33(38-45-32)41-13-12-21(17-41)39(7)8)40(9)31(24)36-19(2)27(28)29(20(3)42)44-34(4,5)6/h15-16,21,29H,10-14,17H2,1-9H3/t21-,29-/m1/s1. The number of rotatable bonds is 7. The molecule has 2 aliphatic rings. The molecule has 1 saturated heterocycles. The molecule has 1 aromatic carbocycles. The summed E-state index contributed by atoms with van der Waals surface area (Å²) < 4.78 is 34.7. The summed E-state index contributed by atoms with van der Waals surface area (Å²) in [5.41, 5.74) is 5.57. The van der Waals surface area contributed by atoms with Crippen LogP contribution in [0.15, 0.2) is 12.1 Å². The van der Waals surface area contributed by atoms with Gasteiger partial charge in [-0.15, -0.1) is 0 Å². The Labute approximate surface area is 268 Å². The molecule has 45 heavy (non-hydrogen) atoms. The van der Waals surface area contributed by atoms with Gasteiger partial charge in [-0.2, -0.15) is 9.36 Å². The van der Waals surface area contributed by atoms with Crippen molar-refractivity contribution in [1.82, 2.24) is 23.8 Å². The zero-order valence-electron chi connectivity index (χ0n) is 27.7. The number of anilines is 1. The number of fused-ring (bicyclic) bond motifs is 2. The van der Waals surface area contributed by atoms with E-state index in [9.17, 15) is 4.79 Å². The van der Waals surface area contributed by atoms with Crippen molar-refractivity contribution in [2.45, 2.75) is 78.6 Å². The fraction of sp³-hybridized carbons (Fsp3) is 0.529. The van der Waals surface area contributed by atoms with Crippen LogP contribution in [0.25, 0.3) is 32.9 Å². The predicted molar refractivity (Wildman–Crippen MR) is 177 cm³/mol. The van der Waals surface area contributed by atoms with E-state index in [4.69, 9.17) is 23.8 Å². The second kappa shape index (κ2) is 11.7. The molecule has 0 unspecified atom stereocenters. The molecule has 0 radical (unpaired) electrons. The molecule has 0 spiro atoms. The Morgan fingerprint density at radius 2 is 1.98 bits per heavy atom. The summed E-state index contributed by atoms with van der Waals surface area (Å²) in [5.74, 6) is 0.522. The number of Topliss-reactive ketones (excluding diaryl/α,β-unsaturated/α-hetero) is 1. The van der Waals surface area contributed by atoms with E-state index in [1.165, 1.54) is 18.5 Å². The number of aryl methyl sites for hydroxylation is 2. The monoisotopic (exact) mass is 634 g/mol. The van der Waals surface area contributed by atoms with Crippen molar-refractivity contribution in [3.63, 3.8) is 0 Å². The maximum Gasteiger partial charge on any atom is 0.237 e. The molecule has 9 nitrogen and oxygen atoms in total. The maximum absolute atomic E-state index is 15.8. The summed E-state index contributed by atoms with van der Waals surface area (Å²) in [7, 11) is 6.18. The quantitative estimate of drug-likeness (QED) is 0.230. The van der Waals surface area contributed by atoms with Crippen LogP contribution in [0.2, 0.25) is 0 Å². The summed E-state index contributed by atoms with van der Waals surface area (Å²) in [6.07, 6.45) is 1.73. The average Bonchev–Trinajstić information content (AvgIpc) is 3.72. The lowest BCUT2D eigenvalue weighted by atomic mass is 9.86. The molecule has 1 fully saturated rings. The zero-order chi connectivity index (χ0) is 32.4. The van der Waals surface area contributed by atoms with Gasteiger partial charge in [0, 0.05) is 53.9 Å². The first-order chi connectivity index (χ1) is 21.2. The molecule has 5 heterocycles. The van der Waals surface area contributed by atoms with Gasteiger partial charge in [-0.05, 0) is 110 Å². The highest BCUT2D eigenvalue weighted by Gasteiger charge is 2.34. The van der Waals surface area contributed by atoms with Gasteiger partial charge in [-0.1, -0.05) is 0 Å². The normalized spacial score (nSPS) is 17.7. The number of pyridine rings is 1. The predicted octanol–water partition coefficient (Wildman–Crippen LogP) is 6.43. The second-order valence-electron chi connectivity index (χ2n) is 13.6. The van der Waals surface area contributed by atoms with Gasteiger partial charge in [-0.3, -0.25) is 4.79 Å². The lowest BCUT2D eigenvalue weighted by Crippen LogP contribution is -2.31. The van der Waals surface area contributed by atoms with Crippen LogP contribution in [-0.4, -0.2) is 75.0 Å². The van der Waals surface area contributed by atoms with Crippen LogP contribution in [0.1, 0.15) is 69.0 Å². The first-order valence-electron chi connectivity index (χ1n) is 15.6. The van der Waals surface area contributed by atoms with Crippen LogP contribution in [0.3, 0.4) is 0 Å². The number of likely N-dealkylation sites (N-methyl/N-ethyl adjacent to an activating group) is 1. The number of benzene rings is 1. The highest BCUT2D eigenvalue weighted by molar-refractivity contribution is 7.09. The molecule has 6 rings (SSSR count). The summed E-state index contributed by atoms with van der Waals surface area (Å²) in [6, 6.07) is 4.08. The van der Waals surface area contributed by atoms with Gasteiger partial charge in [0.1, 0.15) is 11.8 Å². The van der Waals surface area contributed by atoms with Crippen molar-refractivity contribution in [3.05, 3.63) is 40.3 Å². The molecule has 4 aromatic rings. The van der Waals surface area contributed by atoms with E-state index in [0.717, 1.165) is 76.7 Å². The Balaban J connectivity index is 1.58. The summed E-state index contributed by atoms with van der Waals surface area (Å²) in [6.45, 7) is 13.5. The lowest BCUT2D eigenvalue weighted by Gasteiger charge is -2.30. The molecule has 11 heteroatoms. The van der Waals surface area contributed by atoms with Crippen LogP contribution in [-0.2, 0) is 23.0 Å². The van der Waals surface area contributed by atoms with Crippen LogP contribution in [0.5, 0.6) is 5.75 Å². The summed E-state index contributed by atoms with van der Waals surface area (Å²) >= 11 is 1.36. The van der Waals surface area contributed by atoms with E-state index in [1.807, 2.05) is 46.2 Å². The van der Waals surface area contributed by atoms with Crippen molar-refractivity contribution < 1.29 is 18.7 Å². The average molecular weight is 635 g/mol. The number of ketones is 1. The minimum atomic E-state index is -0.886. The van der Waals surface area contributed by atoms with Crippen molar-refractivity contribution in [2.24, 2.45) is 7.05 Å². The lowest BCUT2D eigenvalue weighted by molar-refractivity contribution is -0.138. The Kier molecular flexibility index (Phi) is 8.24. The highest BCUT2D eigenvalue weighted by atomic mass is 32.1. The van der Waals surface area contributed by atoms with Gasteiger partial charge < -0.3 is 23.8 Å². The number of ether oxygens (including phenoxy) is 2. The van der Waals surface area contributed by atoms with Crippen molar-refractivity contribution in [1.29, 1.82) is 0 Å². The van der Waals surface area contributed by atoms with E-state index >= 15 is 4.39 Å². The first kappa shape index (κ1) is 31.6. The molecular formula is C34H43FN6O3S. The topological polar surface area (TPSA) is 85.6 Å². The molecule has 0 aliphatic carbocycles. The SMILES string of the molecule is CC(=O)[C@@H](OC(C)(C)C)c1c(C)nc2c(cc(-c3nc(N4CC[C@@H](N(C)C)C4)ns3)n2C)c1-c1cc(F)c2c(c1C)CCCO2. The molecule has 0 N–H and O–H groups in total.